The van der Waals surface area contributed by atoms with Crippen molar-refractivity contribution >= 4 is 21.6 Å². The summed E-state index contributed by atoms with van der Waals surface area (Å²) >= 11 is 0. The summed E-state index contributed by atoms with van der Waals surface area (Å²) in [6, 6.07) is 4.70. The number of anilines is 1. The van der Waals surface area contributed by atoms with Crippen molar-refractivity contribution in [3.63, 3.8) is 0 Å². The van der Waals surface area contributed by atoms with Crippen LogP contribution >= 0.6 is 0 Å². The predicted octanol–water partition coefficient (Wildman–Crippen LogP) is 0.670. The van der Waals surface area contributed by atoms with Crippen LogP contribution in [0.2, 0.25) is 0 Å². The Labute approximate surface area is 106 Å². The van der Waals surface area contributed by atoms with Gasteiger partial charge >= 0.3 is 0 Å². The lowest BCUT2D eigenvalue weighted by molar-refractivity contribution is -0.117. The highest BCUT2D eigenvalue weighted by Gasteiger charge is 2.25. The number of nitrogens with one attached hydrogen (secondary N) is 1. The van der Waals surface area contributed by atoms with Crippen molar-refractivity contribution in [1.82, 2.24) is 4.72 Å². The number of benzene rings is 1. The van der Waals surface area contributed by atoms with Gasteiger partial charge < -0.3 is 4.90 Å². The number of hydrogen-bond acceptors (Lipinski definition) is 3. The molecule has 0 spiro atoms. The van der Waals surface area contributed by atoms with Crippen LogP contribution in [-0.2, 0) is 21.2 Å². The van der Waals surface area contributed by atoms with Crippen molar-refractivity contribution in [3.8, 4) is 0 Å². The SMILES string of the molecule is C=CCNS(=O)(=O)c1ccc2c(c1)CC(=O)N2C. The fraction of sp³-hybridized carbons (Fsp3) is 0.250. The summed E-state index contributed by atoms with van der Waals surface area (Å²) in [5.41, 5.74) is 1.51. The summed E-state index contributed by atoms with van der Waals surface area (Å²) in [5, 5.41) is 0. The minimum Gasteiger partial charge on any atom is -0.315 e. The van der Waals surface area contributed by atoms with Crippen LogP contribution in [0.1, 0.15) is 5.56 Å². The topological polar surface area (TPSA) is 66.5 Å². The van der Waals surface area contributed by atoms with Gasteiger partial charge in [-0.15, -0.1) is 6.58 Å². The van der Waals surface area contributed by atoms with E-state index >= 15 is 0 Å². The summed E-state index contributed by atoms with van der Waals surface area (Å²) in [6.07, 6.45) is 1.72. The molecule has 96 valence electrons. The largest absolute Gasteiger partial charge is 0.315 e. The van der Waals surface area contributed by atoms with Crippen molar-refractivity contribution < 1.29 is 13.2 Å². The highest BCUT2D eigenvalue weighted by Crippen LogP contribution is 2.29. The van der Waals surface area contributed by atoms with Gasteiger partial charge in [0.1, 0.15) is 0 Å². The number of sulfonamides is 1. The first-order chi connectivity index (χ1) is 8.45. The van der Waals surface area contributed by atoms with E-state index in [2.05, 4.69) is 11.3 Å². The van der Waals surface area contributed by atoms with Gasteiger partial charge in [-0.25, -0.2) is 13.1 Å². The Balaban J connectivity index is 2.37. The fourth-order valence-corrected chi connectivity index (χ4v) is 2.91. The smallest absolute Gasteiger partial charge is 0.240 e. The molecule has 5 nitrogen and oxygen atoms in total. The number of carbonyl (C=O) groups is 1. The molecule has 0 bridgehead atoms. The summed E-state index contributed by atoms with van der Waals surface area (Å²) in [6.45, 7) is 3.64. The number of rotatable bonds is 4. The van der Waals surface area contributed by atoms with E-state index in [0.717, 1.165) is 11.3 Å². The first kappa shape index (κ1) is 12.8. The van der Waals surface area contributed by atoms with Gasteiger partial charge in [0.15, 0.2) is 0 Å². The molecule has 6 heteroatoms. The third-order valence-electron chi connectivity index (χ3n) is 2.86. The van der Waals surface area contributed by atoms with E-state index in [1.54, 1.807) is 19.2 Å². The molecule has 0 atom stereocenters. The van der Waals surface area contributed by atoms with E-state index in [-0.39, 0.29) is 23.8 Å². The maximum absolute atomic E-state index is 11.9. The van der Waals surface area contributed by atoms with Gasteiger partial charge in [0, 0.05) is 19.3 Å². The summed E-state index contributed by atoms with van der Waals surface area (Å²) in [7, 11) is -1.85. The molecular weight excluding hydrogens is 252 g/mol. The Bertz CT molecular complexity index is 608. The molecule has 1 aromatic rings. The van der Waals surface area contributed by atoms with Crippen LogP contribution in [0.5, 0.6) is 0 Å². The molecule has 0 unspecified atom stereocenters. The average Bonchev–Trinajstić information content (AvgIpc) is 2.62. The molecule has 2 rings (SSSR count). The minimum absolute atomic E-state index is 0.0291. The van der Waals surface area contributed by atoms with Crippen LogP contribution in [0.25, 0.3) is 0 Å². The Hall–Kier alpha value is -1.66. The Morgan fingerprint density at radius 2 is 2.22 bits per heavy atom. The molecule has 18 heavy (non-hydrogen) atoms. The standard InChI is InChI=1S/C12H14N2O3S/c1-3-6-13-18(16,17)10-4-5-11-9(7-10)8-12(15)14(11)2/h3-5,7,13H,1,6,8H2,2H3. The van der Waals surface area contributed by atoms with Crippen LogP contribution in [0, 0.1) is 0 Å². The molecule has 1 heterocycles. The highest BCUT2D eigenvalue weighted by molar-refractivity contribution is 7.89. The zero-order valence-electron chi connectivity index (χ0n) is 10.0. The van der Waals surface area contributed by atoms with E-state index in [4.69, 9.17) is 0 Å². The maximum Gasteiger partial charge on any atom is 0.240 e. The minimum atomic E-state index is -3.53. The van der Waals surface area contributed by atoms with E-state index in [0.29, 0.717) is 0 Å². The Morgan fingerprint density at radius 3 is 2.89 bits per heavy atom. The second-order valence-corrected chi connectivity index (χ2v) is 5.83. The van der Waals surface area contributed by atoms with Crippen molar-refractivity contribution in [1.29, 1.82) is 0 Å². The van der Waals surface area contributed by atoms with Crippen LogP contribution < -0.4 is 9.62 Å². The quantitative estimate of drug-likeness (QED) is 0.815. The molecule has 0 radical (unpaired) electrons. The summed E-state index contributed by atoms with van der Waals surface area (Å²) in [4.78, 5) is 13.2. The van der Waals surface area contributed by atoms with Crippen LogP contribution in [-0.4, -0.2) is 27.9 Å². The molecular formula is C12H14N2O3S. The van der Waals surface area contributed by atoms with E-state index in [1.807, 2.05) is 0 Å². The predicted molar refractivity (Wildman–Crippen MR) is 68.9 cm³/mol. The van der Waals surface area contributed by atoms with Gasteiger partial charge in [0.2, 0.25) is 15.9 Å². The molecule has 1 N–H and O–H groups in total. The zero-order chi connectivity index (χ0) is 13.3. The molecule has 0 fully saturated rings. The number of likely N-dealkylation sites (N-methyl/N-ethyl adjacent to an activating group) is 1. The lowest BCUT2D eigenvalue weighted by Gasteiger charge is -2.10. The monoisotopic (exact) mass is 266 g/mol. The van der Waals surface area contributed by atoms with Crippen LogP contribution in [0.4, 0.5) is 5.69 Å². The maximum atomic E-state index is 11.9. The van der Waals surface area contributed by atoms with Crippen molar-refractivity contribution in [2.45, 2.75) is 11.3 Å². The summed E-state index contributed by atoms with van der Waals surface area (Å²) in [5.74, 6) is -0.0291. The molecule has 0 aliphatic carbocycles. The fourth-order valence-electron chi connectivity index (χ4n) is 1.87. The molecule has 1 aromatic carbocycles. The normalized spacial score (nSPS) is 14.7. The van der Waals surface area contributed by atoms with Crippen LogP contribution in [0.15, 0.2) is 35.7 Å². The van der Waals surface area contributed by atoms with Crippen molar-refractivity contribution in [2.75, 3.05) is 18.5 Å². The second-order valence-electron chi connectivity index (χ2n) is 4.06. The number of hydrogen-bond donors (Lipinski definition) is 1. The Morgan fingerprint density at radius 1 is 1.50 bits per heavy atom. The molecule has 1 amide bonds. The lowest BCUT2D eigenvalue weighted by Crippen LogP contribution is -2.23. The number of nitrogens with zero attached hydrogens (tertiary/aromatic N) is 1. The zero-order valence-corrected chi connectivity index (χ0v) is 10.8. The lowest BCUT2D eigenvalue weighted by atomic mass is 10.2. The average molecular weight is 266 g/mol. The second kappa shape index (κ2) is 4.55. The van der Waals surface area contributed by atoms with Gasteiger partial charge in [0.05, 0.1) is 11.3 Å². The van der Waals surface area contributed by atoms with Gasteiger partial charge in [-0.3, -0.25) is 4.79 Å². The van der Waals surface area contributed by atoms with E-state index < -0.39 is 10.0 Å². The molecule has 1 aliphatic rings. The van der Waals surface area contributed by atoms with Crippen molar-refractivity contribution in [3.05, 3.63) is 36.4 Å². The van der Waals surface area contributed by atoms with Gasteiger partial charge in [-0.1, -0.05) is 6.08 Å². The van der Waals surface area contributed by atoms with E-state index in [9.17, 15) is 13.2 Å². The first-order valence-electron chi connectivity index (χ1n) is 5.46. The van der Waals surface area contributed by atoms with Crippen LogP contribution in [0.3, 0.4) is 0 Å². The molecule has 0 saturated carbocycles. The number of carbonyl (C=O) groups excluding carboxylic acids is 1. The van der Waals surface area contributed by atoms with Gasteiger partial charge in [-0.2, -0.15) is 0 Å². The molecule has 0 saturated heterocycles. The molecule has 0 aromatic heterocycles. The first-order valence-corrected chi connectivity index (χ1v) is 6.94. The number of amides is 1. The van der Waals surface area contributed by atoms with E-state index in [1.165, 1.54) is 17.0 Å². The summed E-state index contributed by atoms with van der Waals surface area (Å²) < 4.78 is 26.2. The third kappa shape index (κ3) is 2.16. The van der Waals surface area contributed by atoms with Crippen molar-refractivity contribution in [2.24, 2.45) is 0 Å². The molecule has 1 aliphatic heterocycles. The van der Waals surface area contributed by atoms with Gasteiger partial charge in [-0.05, 0) is 23.8 Å². The van der Waals surface area contributed by atoms with Gasteiger partial charge in [0.25, 0.3) is 0 Å². The third-order valence-corrected chi connectivity index (χ3v) is 4.28. The number of fused-ring (bicyclic) bond motifs is 1. The Kier molecular flexibility index (Phi) is 3.23. The highest BCUT2D eigenvalue weighted by atomic mass is 32.2.